The Labute approximate surface area is 242 Å². The van der Waals surface area contributed by atoms with Gasteiger partial charge < -0.3 is 14.5 Å². The van der Waals surface area contributed by atoms with Gasteiger partial charge in [-0.25, -0.2) is 0 Å². The molecule has 0 N–H and O–H groups in total. The highest BCUT2D eigenvalue weighted by Crippen LogP contribution is 2.58. The highest BCUT2D eigenvalue weighted by Gasteiger charge is 2.55. The standard InChI is InChI=1S/C37H31BN2O/c1-37-24-9-8-18-28(37)27-17-10-19-29-35(27)40(37)31-21-12-23-33-34(31)38(29)30-20-11-22-32(36(30)41-33)39(25-13-4-2-5-14-25)26-15-6-3-7-16-26/h2-7,10-17,19-23,28H,8-9,18,24H2,1H3. The van der Waals surface area contributed by atoms with Crippen molar-refractivity contribution >= 4 is 51.5 Å². The smallest absolute Gasteiger partial charge is 0.256 e. The summed E-state index contributed by atoms with van der Waals surface area (Å²) in [5, 5.41) is 0. The van der Waals surface area contributed by atoms with Crippen LogP contribution in [0.1, 0.15) is 44.1 Å². The second-order valence-corrected chi connectivity index (χ2v) is 12.2. The number of benzene rings is 5. The van der Waals surface area contributed by atoms with Crippen LogP contribution in [0.25, 0.3) is 0 Å². The maximum atomic E-state index is 7.00. The quantitative estimate of drug-likeness (QED) is 0.219. The summed E-state index contributed by atoms with van der Waals surface area (Å²) in [6.45, 7) is 2.64. The molecule has 2 atom stereocenters. The van der Waals surface area contributed by atoms with E-state index < -0.39 is 0 Å². The molecular weight excluding hydrogens is 499 g/mol. The van der Waals surface area contributed by atoms with Gasteiger partial charge >= 0.3 is 0 Å². The fourth-order valence-electron chi connectivity index (χ4n) is 8.41. The number of nitrogens with zero attached hydrogens (tertiary/aromatic N) is 2. The zero-order valence-electron chi connectivity index (χ0n) is 23.3. The molecule has 41 heavy (non-hydrogen) atoms. The van der Waals surface area contributed by atoms with E-state index in [9.17, 15) is 0 Å². The molecule has 1 fully saturated rings. The molecule has 0 amide bonds. The minimum atomic E-state index is 0.107. The first kappa shape index (κ1) is 23.3. The Bertz CT molecular complexity index is 1780. The number of hydrogen-bond donors (Lipinski definition) is 0. The van der Waals surface area contributed by atoms with Crippen LogP contribution in [0.5, 0.6) is 11.5 Å². The maximum Gasteiger partial charge on any atom is 0.256 e. The van der Waals surface area contributed by atoms with Crippen LogP contribution >= 0.6 is 0 Å². The second kappa shape index (κ2) is 8.53. The van der Waals surface area contributed by atoms with E-state index in [1.165, 1.54) is 53.4 Å². The zero-order valence-corrected chi connectivity index (χ0v) is 23.3. The molecule has 0 saturated heterocycles. The first-order valence-electron chi connectivity index (χ1n) is 15.0. The Hall–Kier alpha value is -4.44. The molecule has 4 heteroatoms. The van der Waals surface area contributed by atoms with E-state index >= 15 is 0 Å². The van der Waals surface area contributed by atoms with Gasteiger partial charge in [-0.05, 0) is 84.2 Å². The largest absolute Gasteiger partial charge is 0.456 e. The number of hydrogen-bond acceptors (Lipinski definition) is 3. The van der Waals surface area contributed by atoms with Crippen molar-refractivity contribution in [1.29, 1.82) is 0 Å². The van der Waals surface area contributed by atoms with Crippen molar-refractivity contribution < 1.29 is 4.74 Å². The fourth-order valence-corrected chi connectivity index (χ4v) is 8.41. The Balaban J connectivity index is 1.30. The molecule has 3 nitrogen and oxygen atoms in total. The molecule has 2 unspecified atom stereocenters. The zero-order chi connectivity index (χ0) is 27.1. The average molecular weight is 530 g/mol. The maximum absolute atomic E-state index is 7.00. The Morgan fingerprint density at radius 2 is 1.46 bits per heavy atom. The summed E-state index contributed by atoms with van der Waals surface area (Å²) in [6, 6.07) is 41.7. The lowest BCUT2D eigenvalue weighted by Crippen LogP contribution is -2.62. The molecule has 4 aliphatic rings. The summed E-state index contributed by atoms with van der Waals surface area (Å²) in [6.07, 6.45) is 5.11. The Morgan fingerprint density at radius 1 is 0.756 bits per heavy atom. The van der Waals surface area contributed by atoms with E-state index in [0.717, 1.165) is 28.6 Å². The summed E-state index contributed by atoms with van der Waals surface area (Å²) in [5.41, 5.74) is 11.7. The monoisotopic (exact) mass is 530 g/mol. The van der Waals surface area contributed by atoms with Gasteiger partial charge in [-0.15, -0.1) is 0 Å². The molecule has 0 radical (unpaired) electrons. The summed E-state index contributed by atoms with van der Waals surface area (Å²) < 4.78 is 7.00. The number of anilines is 5. The third kappa shape index (κ3) is 3.11. The molecular formula is C37H31BN2O. The lowest BCUT2D eigenvalue weighted by Gasteiger charge is -2.48. The lowest BCUT2D eigenvalue weighted by atomic mass is 9.34. The second-order valence-electron chi connectivity index (χ2n) is 12.2. The van der Waals surface area contributed by atoms with E-state index in [2.05, 4.69) is 132 Å². The van der Waals surface area contributed by atoms with Gasteiger partial charge in [0.15, 0.2) is 0 Å². The van der Waals surface area contributed by atoms with Crippen LogP contribution < -0.4 is 30.9 Å². The molecule has 0 spiro atoms. The topological polar surface area (TPSA) is 15.7 Å². The molecule has 9 rings (SSSR count). The number of fused-ring (bicyclic) bond motifs is 7. The molecule has 5 aromatic carbocycles. The van der Waals surface area contributed by atoms with Crippen LogP contribution in [-0.2, 0) is 0 Å². The molecule has 3 heterocycles. The van der Waals surface area contributed by atoms with Crippen molar-refractivity contribution in [3.05, 3.63) is 121 Å². The van der Waals surface area contributed by atoms with E-state index in [4.69, 9.17) is 4.74 Å². The van der Waals surface area contributed by atoms with Crippen LogP contribution in [0.3, 0.4) is 0 Å². The van der Waals surface area contributed by atoms with Crippen LogP contribution in [0, 0.1) is 0 Å². The van der Waals surface area contributed by atoms with Crippen molar-refractivity contribution in [2.45, 2.75) is 44.1 Å². The van der Waals surface area contributed by atoms with E-state index in [1.54, 1.807) is 5.56 Å². The van der Waals surface area contributed by atoms with Crippen molar-refractivity contribution in [3.8, 4) is 11.5 Å². The van der Waals surface area contributed by atoms with Gasteiger partial charge in [-0.3, -0.25) is 0 Å². The van der Waals surface area contributed by atoms with Crippen LogP contribution in [0.4, 0.5) is 28.4 Å². The Kier molecular flexibility index (Phi) is 4.85. The van der Waals surface area contributed by atoms with Gasteiger partial charge in [0.05, 0.1) is 5.69 Å². The van der Waals surface area contributed by atoms with E-state index in [0.29, 0.717) is 5.92 Å². The first-order chi connectivity index (χ1) is 20.2. The van der Waals surface area contributed by atoms with Crippen LogP contribution in [0.2, 0.25) is 0 Å². The summed E-state index contributed by atoms with van der Waals surface area (Å²) in [7, 11) is 0. The average Bonchev–Trinajstić information content (AvgIpc) is 3.30. The molecule has 5 aromatic rings. The fraction of sp³-hybridized carbons (Fsp3) is 0.189. The molecule has 1 saturated carbocycles. The molecule has 0 aromatic heterocycles. The SMILES string of the molecule is CC12CCCCC1c1cccc3c1N2c1cccc2c1B3c1cccc(N(c3ccccc3)c3ccccc3)c1O2. The van der Waals surface area contributed by atoms with Crippen LogP contribution in [0.15, 0.2) is 115 Å². The number of rotatable bonds is 3. The van der Waals surface area contributed by atoms with Crippen molar-refractivity contribution in [2.24, 2.45) is 0 Å². The van der Waals surface area contributed by atoms with Gasteiger partial charge in [0, 0.05) is 34.2 Å². The van der Waals surface area contributed by atoms with Crippen LogP contribution in [-0.4, -0.2) is 12.3 Å². The van der Waals surface area contributed by atoms with Crippen molar-refractivity contribution in [1.82, 2.24) is 0 Å². The van der Waals surface area contributed by atoms with Gasteiger partial charge in [0.25, 0.3) is 6.71 Å². The summed E-state index contributed by atoms with van der Waals surface area (Å²) >= 11 is 0. The molecule has 198 valence electrons. The predicted molar refractivity (Wildman–Crippen MR) is 170 cm³/mol. The van der Waals surface area contributed by atoms with E-state index in [1.807, 2.05) is 0 Å². The number of ether oxygens (including phenoxy) is 1. The third-order valence-electron chi connectivity index (χ3n) is 10.1. The van der Waals surface area contributed by atoms with E-state index in [-0.39, 0.29) is 12.3 Å². The summed E-state index contributed by atoms with van der Waals surface area (Å²) in [4.78, 5) is 5.04. The molecule has 0 bridgehead atoms. The minimum absolute atomic E-state index is 0.107. The predicted octanol–water partition coefficient (Wildman–Crippen LogP) is 7.66. The van der Waals surface area contributed by atoms with Gasteiger partial charge in [-0.1, -0.05) is 85.6 Å². The lowest BCUT2D eigenvalue weighted by molar-refractivity contribution is 0.291. The van der Waals surface area contributed by atoms with Crippen molar-refractivity contribution in [2.75, 3.05) is 9.80 Å². The highest BCUT2D eigenvalue weighted by atomic mass is 16.5. The minimum Gasteiger partial charge on any atom is -0.456 e. The molecule has 1 aliphatic carbocycles. The van der Waals surface area contributed by atoms with Crippen molar-refractivity contribution in [3.63, 3.8) is 0 Å². The number of para-hydroxylation sites is 4. The van der Waals surface area contributed by atoms with Gasteiger partial charge in [0.1, 0.15) is 11.5 Å². The normalized spacial score (nSPS) is 20.9. The highest BCUT2D eigenvalue weighted by molar-refractivity contribution is 6.99. The third-order valence-corrected chi connectivity index (χ3v) is 10.1. The summed E-state index contributed by atoms with van der Waals surface area (Å²) in [5.74, 6) is 2.50. The van der Waals surface area contributed by atoms with Gasteiger partial charge in [0.2, 0.25) is 0 Å². The Morgan fingerprint density at radius 3 is 2.24 bits per heavy atom. The van der Waals surface area contributed by atoms with Gasteiger partial charge in [-0.2, -0.15) is 0 Å². The first-order valence-corrected chi connectivity index (χ1v) is 15.0. The molecule has 3 aliphatic heterocycles.